The third kappa shape index (κ3) is 4.70. The predicted molar refractivity (Wildman–Crippen MR) is 70.9 cm³/mol. The molecule has 2 amide bonds. The maximum absolute atomic E-state index is 12.0. The molecule has 0 aromatic carbocycles. The average Bonchev–Trinajstić information content (AvgIpc) is 2.26. The van der Waals surface area contributed by atoms with Crippen molar-refractivity contribution in [3.05, 3.63) is 0 Å². The standard InChI is InChI=1S/C13H24N2O4/c1-10-8-14(11(16)9-18-5)6-7-15(10)12(17)19-13(2,3)4/h10H,6-9H2,1-5H3. The molecule has 1 saturated heterocycles. The highest BCUT2D eigenvalue weighted by molar-refractivity contribution is 5.78. The molecule has 0 aromatic heterocycles. The lowest BCUT2D eigenvalue weighted by atomic mass is 10.2. The van der Waals surface area contributed by atoms with E-state index in [1.54, 1.807) is 9.80 Å². The Labute approximate surface area is 114 Å². The number of carbonyl (C=O) groups excluding carboxylic acids is 2. The van der Waals surface area contributed by atoms with E-state index in [0.29, 0.717) is 19.6 Å². The van der Waals surface area contributed by atoms with Crippen LogP contribution in [0.15, 0.2) is 0 Å². The summed E-state index contributed by atoms with van der Waals surface area (Å²) >= 11 is 0. The maximum Gasteiger partial charge on any atom is 0.410 e. The van der Waals surface area contributed by atoms with Gasteiger partial charge in [-0.3, -0.25) is 4.79 Å². The average molecular weight is 272 g/mol. The molecule has 0 aliphatic carbocycles. The van der Waals surface area contributed by atoms with Crippen molar-refractivity contribution in [2.75, 3.05) is 33.4 Å². The lowest BCUT2D eigenvalue weighted by molar-refractivity contribution is -0.138. The van der Waals surface area contributed by atoms with Crippen LogP contribution in [0.25, 0.3) is 0 Å². The molecule has 1 unspecified atom stereocenters. The Morgan fingerprint density at radius 3 is 2.37 bits per heavy atom. The molecule has 1 atom stereocenters. The van der Waals surface area contributed by atoms with Gasteiger partial charge in [0.25, 0.3) is 0 Å². The molecule has 1 fully saturated rings. The molecule has 19 heavy (non-hydrogen) atoms. The van der Waals surface area contributed by atoms with Crippen LogP contribution in [-0.4, -0.2) is 66.8 Å². The molecule has 110 valence electrons. The SMILES string of the molecule is COCC(=O)N1CCN(C(=O)OC(C)(C)C)C(C)C1. The highest BCUT2D eigenvalue weighted by Crippen LogP contribution is 2.15. The number of rotatable bonds is 2. The van der Waals surface area contributed by atoms with E-state index in [9.17, 15) is 9.59 Å². The van der Waals surface area contributed by atoms with Gasteiger partial charge < -0.3 is 19.3 Å². The van der Waals surface area contributed by atoms with Gasteiger partial charge in [0.2, 0.25) is 5.91 Å². The van der Waals surface area contributed by atoms with Gasteiger partial charge in [-0.15, -0.1) is 0 Å². The molecule has 6 heteroatoms. The monoisotopic (exact) mass is 272 g/mol. The Morgan fingerprint density at radius 1 is 1.26 bits per heavy atom. The van der Waals surface area contributed by atoms with E-state index in [0.717, 1.165) is 0 Å². The number of amides is 2. The van der Waals surface area contributed by atoms with Crippen LogP contribution in [0.3, 0.4) is 0 Å². The molecule has 0 bridgehead atoms. The Hall–Kier alpha value is -1.30. The quantitative estimate of drug-likeness (QED) is 0.755. The van der Waals surface area contributed by atoms with E-state index in [-0.39, 0.29) is 24.6 Å². The normalized spacial score (nSPS) is 20.4. The van der Waals surface area contributed by atoms with Crippen molar-refractivity contribution < 1.29 is 19.1 Å². The van der Waals surface area contributed by atoms with Crippen LogP contribution in [0.1, 0.15) is 27.7 Å². The van der Waals surface area contributed by atoms with Gasteiger partial charge in [0.15, 0.2) is 0 Å². The number of ether oxygens (including phenoxy) is 2. The van der Waals surface area contributed by atoms with Crippen LogP contribution in [0.2, 0.25) is 0 Å². The van der Waals surface area contributed by atoms with Gasteiger partial charge in [0.1, 0.15) is 12.2 Å². The molecule has 0 N–H and O–H groups in total. The zero-order valence-corrected chi connectivity index (χ0v) is 12.4. The molecule has 0 spiro atoms. The van der Waals surface area contributed by atoms with Crippen LogP contribution in [-0.2, 0) is 14.3 Å². The van der Waals surface area contributed by atoms with Gasteiger partial charge in [-0.25, -0.2) is 4.79 Å². The second-order valence-corrected chi connectivity index (χ2v) is 5.80. The van der Waals surface area contributed by atoms with E-state index in [1.165, 1.54) is 7.11 Å². The molecule has 1 heterocycles. The summed E-state index contributed by atoms with van der Waals surface area (Å²) in [6, 6.07) is -0.0515. The first-order chi connectivity index (χ1) is 8.74. The first-order valence-electron chi connectivity index (χ1n) is 6.51. The third-order valence-electron chi connectivity index (χ3n) is 2.88. The Balaban J connectivity index is 2.55. The molecule has 1 rings (SSSR count). The number of carbonyl (C=O) groups is 2. The lowest BCUT2D eigenvalue weighted by Gasteiger charge is -2.40. The number of piperazine rings is 1. The fourth-order valence-corrected chi connectivity index (χ4v) is 1.99. The first kappa shape index (κ1) is 15.8. The van der Waals surface area contributed by atoms with Crippen molar-refractivity contribution in [3.63, 3.8) is 0 Å². The maximum atomic E-state index is 12.0. The van der Waals surface area contributed by atoms with E-state index in [2.05, 4.69) is 0 Å². The zero-order valence-electron chi connectivity index (χ0n) is 12.4. The molecule has 0 aromatic rings. The predicted octanol–water partition coefficient (Wildman–Crippen LogP) is 1.10. The fourth-order valence-electron chi connectivity index (χ4n) is 1.99. The number of hydrogen-bond donors (Lipinski definition) is 0. The van der Waals surface area contributed by atoms with E-state index >= 15 is 0 Å². The highest BCUT2D eigenvalue weighted by Gasteiger charge is 2.32. The third-order valence-corrected chi connectivity index (χ3v) is 2.88. The summed E-state index contributed by atoms with van der Waals surface area (Å²) in [5, 5.41) is 0. The second-order valence-electron chi connectivity index (χ2n) is 5.80. The van der Waals surface area contributed by atoms with Crippen LogP contribution >= 0.6 is 0 Å². The molecule has 0 saturated carbocycles. The van der Waals surface area contributed by atoms with Crippen molar-refractivity contribution in [3.8, 4) is 0 Å². The fraction of sp³-hybridized carbons (Fsp3) is 0.846. The summed E-state index contributed by atoms with van der Waals surface area (Å²) in [4.78, 5) is 27.1. The van der Waals surface area contributed by atoms with Gasteiger partial charge in [0.05, 0.1) is 0 Å². The largest absolute Gasteiger partial charge is 0.444 e. The first-order valence-corrected chi connectivity index (χ1v) is 6.51. The van der Waals surface area contributed by atoms with Crippen LogP contribution < -0.4 is 0 Å². The van der Waals surface area contributed by atoms with Crippen molar-refractivity contribution in [1.82, 2.24) is 9.80 Å². The Morgan fingerprint density at radius 2 is 1.89 bits per heavy atom. The minimum Gasteiger partial charge on any atom is -0.444 e. The molecule has 1 aliphatic heterocycles. The topological polar surface area (TPSA) is 59.1 Å². The van der Waals surface area contributed by atoms with E-state index < -0.39 is 5.60 Å². The highest BCUT2D eigenvalue weighted by atomic mass is 16.6. The smallest absolute Gasteiger partial charge is 0.410 e. The van der Waals surface area contributed by atoms with E-state index in [4.69, 9.17) is 9.47 Å². The summed E-state index contributed by atoms with van der Waals surface area (Å²) < 4.78 is 10.2. The lowest BCUT2D eigenvalue weighted by Crippen LogP contribution is -2.56. The van der Waals surface area contributed by atoms with Crippen LogP contribution in [0, 0.1) is 0 Å². The van der Waals surface area contributed by atoms with Crippen molar-refractivity contribution >= 4 is 12.0 Å². The molecule has 1 aliphatic rings. The second kappa shape index (κ2) is 6.23. The summed E-state index contributed by atoms with van der Waals surface area (Å²) in [5.41, 5.74) is -0.500. The molecular formula is C13H24N2O4. The summed E-state index contributed by atoms with van der Waals surface area (Å²) in [6.45, 7) is 9.05. The van der Waals surface area contributed by atoms with E-state index in [1.807, 2.05) is 27.7 Å². The van der Waals surface area contributed by atoms with Gasteiger partial charge >= 0.3 is 6.09 Å². The van der Waals surface area contributed by atoms with Gasteiger partial charge in [-0.2, -0.15) is 0 Å². The Kier molecular flexibility index (Phi) is 5.17. The summed E-state index contributed by atoms with van der Waals surface area (Å²) in [6.07, 6.45) is -0.321. The van der Waals surface area contributed by atoms with Crippen LogP contribution in [0.5, 0.6) is 0 Å². The minimum atomic E-state index is -0.500. The van der Waals surface area contributed by atoms with Crippen molar-refractivity contribution in [1.29, 1.82) is 0 Å². The number of nitrogens with zero attached hydrogens (tertiary/aromatic N) is 2. The zero-order chi connectivity index (χ0) is 14.6. The van der Waals surface area contributed by atoms with Crippen molar-refractivity contribution in [2.45, 2.75) is 39.3 Å². The van der Waals surface area contributed by atoms with Crippen molar-refractivity contribution in [2.24, 2.45) is 0 Å². The summed E-state index contributed by atoms with van der Waals surface area (Å²) in [7, 11) is 1.50. The molecule has 6 nitrogen and oxygen atoms in total. The van der Waals surface area contributed by atoms with Gasteiger partial charge in [-0.05, 0) is 27.7 Å². The number of methoxy groups -OCH3 is 1. The van der Waals surface area contributed by atoms with Crippen LogP contribution in [0.4, 0.5) is 4.79 Å². The Bertz CT molecular complexity index is 338. The van der Waals surface area contributed by atoms with Gasteiger partial charge in [0, 0.05) is 32.8 Å². The minimum absolute atomic E-state index is 0.0433. The number of hydrogen-bond acceptors (Lipinski definition) is 4. The molecular weight excluding hydrogens is 248 g/mol. The van der Waals surface area contributed by atoms with Gasteiger partial charge in [-0.1, -0.05) is 0 Å². The summed E-state index contributed by atoms with van der Waals surface area (Å²) in [5.74, 6) is -0.0433. The molecule has 0 radical (unpaired) electrons.